The normalized spacial score (nSPS) is 13.5. The van der Waals surface area contributed by atoms with Crippen molar-refractivity contribution in [1.29, 1.82) is 0 Å². The lowest BCUT2D eigenvalue weighted by Gasteiger charge is -2.05. The highest BCUT2D eigenvalue weighted by Gasteiger charge is 2.27. The van der Waals surface area contributed by atoms with Gasteiger partial charge in [-0.05, 0) is 55.0 Å². The van der Waals surface area contributed by atoms with Crippen LogP contribution in [0.1, 0.15) is 43.3 Å². The lowest BCUT2D eigenvalue weighted by atomic mass is 10.2. The van der Waals surface area contributed by atoms with Crippen molar-refractivity contribution in [2.45, 2.75) is 38.0 Å². The third-order valence-electron chi connectivity index (χ3n) is 4.90. The van der Waals surface area contributed by atoms with Crippen LogP contribution >= 0.6 is 11.3 Å². The van der Waals surface area contributed by atoms with Crippen LogP contribution in [-0.4, -0.2) is 31.2 Å². The van der Waals surface area contributed by atoms with Crippen molar-refractivity contribution in [3.63, 3.8) is 0 Å². The van der Waals surface area contributed by atoms with Gasteiger partial charge in [-0.3, -0.25) is 9.89 Å². The zero-order valence-corrected chi connectivity index (χ0v) is 17.0. The van der Waals surface area contributed by atoms with Gasteiger partial charge in [0.05, 0.1) is 4.88 Å². The molecule has 1 aromatic carbocycles. The lowest BCUT2D eigenvalue weighted by molar-refractivity contribution is -0.116. The van der Waals surface area contributed by atoms with E-state index < -0.39 is 0 Å². The van der Waals surface area contributed by atoms with E-state index in [0.29, 0.717) is 42.7 Å². The number of aromatic amines is 1. The minimum absolute atomic E-state index is 0.0466. The van der Waals surface area contributed by atoms with Crippen LogP contribution < -0.4 is 5.32 Å². The molecule has 1 saturated carbocycles. The first kappa shape index (κ1) is 18.7. The molecule has 1 aliphatic carbocycles. The van der Waals surface area contributed by atoms with Crippen molar-refractivity contribution < 1.29 is 9.32 Å². The van der Waals surface area contributed by atoms with Crippen LogP contribution in [0.25, 0.3) is 22.1 Å². The standard InChI is InChI=1S/C21H20N6O2S/c28-17(4-1-5-18-23-21(27-29-18)16-3-2-12-30-16)22-15-10-8-14(9-11-15)20-24-19(25-26-20)13-6-7-13/h2-3,8-13H,1,4-7H2,(H,22,28)(H,24,25,26). The van der Waals surface area contributed by atoms with Gasteiger partial charge in [0.15, 0.2) is 5.82 Å². The second-order valence-electron chi connectivity index (χ2n) is 7.29. The summed E-state index contributed by atoms with van der Waals surface area (Å²) < 4.78 is 5.26. The molecule has 5 rings (SSSR count). The Bertz CT molecular complexity index is 1130. The van der Waals surface area contributed by atoms with E-state index in [9.17, 15) is 4.79 Å². The molecule has 0 aliphatic heterocycles. The second kappa shape index (κ2) is 8.19. The summed E-state index contributed by atoms with van der Waals surface area (Å²) in [5, 5.41) is 16.2. The highest BCUT2D eigenvalue weighted by molar-refractivity contribution is 7.13. The number of amides is 1. The zero-order valence-electron chi connectivity index (χ0n) is 16.2. The number of anilines is 1. The zero-order chi connectivity index (χ0) is 20.3. The highest BCUT2D eigenvalue weighted by atomic mass is 32.1. The molecule has 1 fully saturated rings. The third-order valence-corrected chi connectivity index (χ3v) is 5.76. The Morgan fingerprint density at radius 2 is 2.03 bits per heavy atom. The molecule has 152 valence electrons. The molecule has 0 spiro atoms. The van der Waals surface area contributed by atoms with E-state index in [1.807, 2.05) is 41.8 Å². The van der Waals surface area contributed by atoms with Gasteiger partial charge in [-0.2, -0.15) is 10.1 Å². The largest absolute Gasteiger partial charge is 0.339 e. The van der Waals surface area contributed by atoms with Crippen LogP contribution in [0.2, 0.25) is 0 Å². The van der Waals surface area contributed by atoms with Crippen LogP contribution in [0, 0.1) is 0 Å². The number of carbonyl (C=O) groups is 1. The summed E-state index contributed by atoms with van der Waals surface area (Å²) >= 11 is 1.57. The number of aromatic nitrogens is 5. The number of aryl methyl sites for hydroxylation is 1. The minimum atomic E-state index is -0.0466. The van der Waals surface area contributed by atoms with E-state index in [2.05, 4.69) is 30.6 Å². The summed E-state index contributed by atoms with van der Waals surface area (Å²) in [5.41, 5.74) is 1.67. The molecular formula is C21H20N6O2S. The number of hydrogen-bond donors (Lipinski definition) is 2. The number of H-pyrrole nitrogens is 1. The van der Waals surface area contributed by atoms with E-state index in [-0.39, 0.29) is 5.91 Å². The van der Waals surface area contributed by atoms with Crippen LogP contribution in [-0.2, 0) is 11.2 Å². The molecule has 2 N–H and O–H groups in total. The average molecular weight is 420 g/mol. The number of carbonyl (C=O) groups excluding carboxylic acids is 1. The van der Waals surface area contributed by atoms with Crippen LogP contribution in [0.15, 0.2) is 46.3 Å². The first-order chi connectivity index (χ1) is 14.7. The van der Waals surface area contributed by atoms with Gasteiger partial charge in [0.25, 0.3) is 0 Å². The molecule has 0 bridgehead atoms. The van der Waals surface area contributed by atoms with Gasteiger partial charge in [-0.1, -0.05) is 11.2 Å². The number of hydrogen-bond acceptors (Lipinski definition) is 7. The summed E-state index contributed by atoms with van der Waals surface area (Å²) in [5.74, 6) is 3.30. The maximum atomic E-state index is 12.2. The quantitative estimate of drug-likeness (QED) is 0.437. The Labute approximate surface area is 176 Å². The van der Waals surface area contributed by atoms with E-state index in [1.165, 1.54) is 12.8 Å². The summed E-state index contributed by atoms with van der Waals surface area (Å²) in [4.78, 5) is 22.1. The molecule has 8 nitrogen and oxygen atoms in total. The Morgan fingerprint density at radius 3 is 2.80 bits per heavy atom. The first-order valence-corrected chi connectivity index (χ1v) is 10.8. The summed E-state index contributed by atoms with van der Waals surface area (Å²) in [6.45, 7) is 0. The number of thiophene rings is 1. The third kappa shape index (κ3) is 4.30. The van der Waals surface area contributed by atoms with Crippen molar-refractivity contribution in [3.05, 3.63) is 53.5 Å². The Morgan fingerprint density at radius 1 is 1.17 bits per heavy atom. The van der Waals surface area contributed by atoms with Gasteiger partial charge < -0.3 is 9.84 Å². The SMILES string of the molecule is O=C(CCCc1nc(-c2cccs2)no1)Nc1ccc(-c2n[nH]c(C3CC3)n2)cc1. The maximum Gasteiger partial charge on any atom is 0.226 e. The predicted molar refractivity (Wildman–Crippen MR) is 113 cm³/mol. The molecule has 3 aromatic heterocycles. The highest BCUT2D eigenvalue weighted by Crippen LogP contribution is 2.38. The number of nitrogens with one attached hydrogen (secondary N) is 2. The minimum Gasteiger partial charge on any atom is -0.339 e. The number of benzene rings is 1. The van der Waals surface area contributed by atoms with Crippen LogP contribution in [0.5, 0.6) is 0 Å². The number of rotatable bonds is 8. The van der Waals surface area contributed by atoms with Crippen molar-refractivity contribution in [1.82, 2.24) is 25.3 Å². The first-order valence-electron chi connectivity index (χ1n) is 9.93. The Kier molecular flexibility index (Phi) is 5.10. The van der Waals surface area contributed by atoms with Gasteiger partial charge >= 0.3 is 0 Å². The maximum absolute atomic E-state index is 12.2. The van der Waals surface area contributed by atoms with E-state index in [0.717, 1.165) is 22.0 Å². The van der Waals surface area contributed by atoms with E-state index >= 15 is 0 Å². The van der Waals surface area contributed by atoms with Crippen LogP contribution in [0.4, 0.5) is 5.69 Å². The second-order valence-corrected chi connectivity index (χ2v) is 8.23. The molecule has 4 aromatic rings. The molecule has 1 amide bonds. The molecule has 0 radical (unpaired) electrons. The van der Waals surface area contributed by atoms with Gasteiger partial charge in [-0.15, -0.1) is 11.3 Å². The lowest BCUT2D eigenvalue weighted by Crippen LogP contribution is -2.11. The van der Waals surface area contributed by atoms with Crippen LogP contribution in [0.3, 0.4) is 0 Å². The smallest absolute Gasteiger partial charge is 0.226 e. The van der Waals surface area contributed by atoms with E-state index in [4.69, 9.17) is 4.52 Å². The molecule has 1 aliphatic rings. The number of nitrogens with zero attached hydrogens (tertiary/aromatic N) is 4. The van der Waals surface area contributed by atoms with E-state index in [1.54, 1.807) is 11.3 Å². The van der Waals surface area contributed by atoms with Gasteiger partial charge in [-0.25, -0.2) is 4.98 Å². The Hall–Kier alpha value is -3.33. The molecule has 0 saturated heterocycles. The van der Waals surface area contributed by atoms with Crippen molar-refractivity contribution in [2.24, 2.45) is 0 Å². The topological polar surface area (TPSA) is 110 Å². The summed E-state index contributed by atoms with van der Waals surface area (Å²) in [6.07, 6.45) is 3.95. The average Bonchev–Trinajstić information content (AvgIpc) is 3.18. The fourth-order valence-corrected chi connectivity index (χ4v) is 3.78. The molecular weight excluding hydrogens is 400 g/mol. The van der Waals surface area contributed by atoms with Gasteiger partial charge in [0.2, 0.25) is 17.6 Å². The summed E-state index contributed by atoms with van der Waals surface area (Å²) in [7, 11) is 0. The molecule has 9 heteroatoms. The van der Waals surface area contributed by atoms with Gasteiger partial charge in [0, 0.05) is 30.0 Å². The molecule has 0 unspecified atom stereocenters. The summed E-state index contributed by atoms with van der Waals surface area (Å²) in [6, 6.07) is 11.5. The van der Waals surface area contributed by atoms with Crippen molar-refractivity contribution in [3.8, 4) is 22.1 Å². The molecule has 30 heavy (non-hydrogen) atoms. The van der Waals surface area contributed by atoms with Crippen molar-refractivity contribution in [2.75, 3.05) is 5.32 Å². The fraction of sp³-hybridized carbons (Fsp3) is 0.286. The Balaban J connectivity index is 1.10. The monoisotopic (exact) mass is 420 g/mol. The molecule has 0 atom stereocenters. The van der Waals surface area contributed by atoms with Gasteiger partial charge in [0.1, 0.15) is 5.82 Å². The molecule has 3 heterocycles. The fourth-order valence-electron chi connectivity index (χ4n) is 3.13. The van der Waals surface area contributed by atoms with Crippen molar-refractivity contribution >= 4 is 22.9 Å². The predicted octanol–water partition coefficient (Wildman–Crippen LogP) is 4.42.